The number of piperidine rings is 1. The first-order chi connectivity index (χ1) is 9.81. The summed E-state index contributed by atoms with van der Waals surface area (Å²) in [6.45, 7) is 6.27. The Morgan fingerprint density at radius 3 is 2.45 bits per heavy atom. The quantitative estimate of drug-likeness (QED) is 0.837. The Hall–Kier alpha value is -0.0800. The Balaban J connectivity index is 1.44. The molecule has 2 aliphatic carbocycles. The van der Waals surface area contributed by atoms with Crippen molar-refractivity contribution in [1.29, 1.82) is 0 Å². The molecule has 3 aliphatic rings. The summed E-state index contributed by atoms with van der Waals surface area (Å²) in [7, 11) is 0. The van der Waals surface area contributed by atoms with E-state index in [1.54, 1.807) is 0 Å². The molecule has 0 radical (unpaired) electrons. The maximum atomic E-state index is 3.73. The molecule has 1 heterocycles. The average molecular weight is 278 g/mol. The van der Waals surface area contributed by atoms with Crippen molar-refractivity contribution in [2.45, 2.75) is 89.6 Å². The molecule has 3 rings (SSSR count). The van der Waals surface area contributed by atoms with Gasteiger partial charge in [0.15, 0.2) is 0 Å². The molecule has 0 aromatic rings. The van der Waals surface area contributed by atoms with Gasteiger partial charge in [-0.2, -0.15) is 0 Å². The molecule has 2 unspecified atom stereocenters. The van der Waals surface area contributed by atoms with Crippen LogP contribution in [0, 0.1) is 5.41 Å². The average Bonchev–Trinajstić information content (AvgIpc) is 2.96. The summed E-state index contributed by atoms with van der Waals surface area (Å²) in [5.41, 5.74) is 0.771. The monoisotopic (exact) mass is 278 g/mol. The third kappa shape index (κ3) is 3.39. The second kappa shape index (κ2) is 6.79. The van der Waals surface area contributed by atoms with Gasteiger partial charge in [-0.15, -0.1) is 0 Å². The van der Waals surface area contributed by atoms with Gasteiger partial charge in [0.1, 0.15) is 0 Å². The van der Waals surface area contributed by atoms with E-state index in [1.165, 1.54) is 90.3 Å². The van der Waals surface area contributed by atoms with E-state index in [0.29, 0.717) is 0 Å². The Labute approximate surface area is 125 Å². The molecule has 2 atom stereocenters. The number of likely N-dealkylation sites (tertiary alicyclic amines) is 1. The third-order valence-corrected chi connectivity index (χ3v) is 6.38. The summed E-state index contributed by atoms with van der Waals surface area (Å²) >= 11 is 0. The minimum atomic E-state index is 0.771. The van der Waals surface area contributed by atoms with E-state index in [-0.39, 0.29) is 0 Å². The number of rotatable bonds is 4. The summed E-state index contributed by atoms with van der Waals surface area (Å²) in [4.78, 5) is 2.84. The molecule has 2 saturated carbocycles. The second-order valence-electron chi connectivity index (χ2n) is 7.71. The first kappa shape index (κ1) is 14.8. The number of hydrogen-bond acceptors (Lipinski definition) is 2. The maximum absolute atomic E-state index is 3.73. The maximum Gasteiger partial charge on any atom is 0.0111 e. The van der Waals surface area contributed by atoms with Gasteiger partial charge >= 0.3 is 0 Å². The van der Waals surface area contributed by atoms with Crippen LogP contribution in [0.4, 0.5) is 0 Å². The predicted octanol–water partition coefficient (Wildman–Crippen LogP) is 3.95. The van der Waals surface area contributed by atoms with Crippen LogP contribution in [-0.4, -0.2) is 36.6 Å². The normalized spacial score (nSPS) is 34.6. The second-order valence-corrected chi connectivity index (χ2v) is 7.71. The Morgan fingerprint density at radius 2 is 1.75 bits per heavy atom. The zero-order valence-corrected chi connectivity index (χ0v) is 13.5. The lowest BCUT2D eigenvalue weighted by Crippen LogP contribution is -2.45. The highest BCUT2D eigenvalue weighted by molar-refractivity contribution is 4.93. The van der Waals surface area contributed by atoms with Gasteiger partial charge in [0, 0.05) is 12.1 Å². The minimum Gasteiger partial charge on any atom is -0.314 e. The SMILES string of the molecule is CCCNC1CCC(N2CCC3(CCCCC3)CC2)C1. The third-order valence-electron chi connectivity index (χ3n) is 6.38. The molecular weight excluding hydrogens is 244 g/mol. The van der Waals surface area contributed by atoms with Crippen molar-refractivity contribution in [3.8, 4) is 0 Å². The topological polar surface area (TPSA) is 15.3 Å². The van der Waals surface area contributed by atoms with Crippen LogP contribution in [0.25, 0.3) is 0 Å². The molecule has 3 fully saturated rings. The highest BCUT2D eigenvalue weighted by atomic mass is 15.2. The van der Waals surface area contributed by atoms with Crippen LogP contribution in [0.3, 0.4) is 0 Å². The predicted molar refractivity (Wildman–Crippen MR) is 86.0 cm³/mol. The lowest BCUT2D eigenvalue weighted by atomic mass is 9.68. The van der Waals surface area contributed by atoms with Crippen molar-refractivity contribution in [3.63, 3.8) is 0 Å². The molecule has 0 aromatic heterocycles. The molecule has 2 nitrogen and oxygen atoms in total. The highest BCUT2D eigenvalue weighted by Gasteiger charge is 2.38. The van der Waals surface area contributed by atoms with Crippen LogP contribution >= 0.6 is 0 Å². The largest absolute Gasteiger partial charge is 0.314 e. The molecule has 0 bridgehead atoms. The lowest BCUT2D eigenvalue weighted by Gasteiger charge is -2.46. The van der Waals surface area contributed by atoms with E-state index in [4.69, 9.17) is 0 Å². The lowest BCUT2D eigenvalue weighted by molar-refractivity contribution is 0.0459. The molecule has 116 valence electrons. The van der Waals surface area contributed by atoms with E-state index in [1.807, 2.05) is 0 Å². The first-order valence-electron chi connectivity index (χ1n) is 9.29. The van der Waals surface area contributed by atoms with Gasteiger partial charge < -0.3 is 10.2 Å². The van der Waals surface area contributed by atoms with Crippen LogP contribution in [-0.2, 0) is 0 Å². The van der Waals surface area contributed by atoms with Crippen LogP contribution in [0.1, 0.15) is 77.6 Å². The first-order valence-corrected chi connectivity index (χ1v) is 9.29. The number of nitrogens with one attached hydrogen (secondary N) is 1. The number of hydrogen-bond donors (Lipinski definition) is 1. The van der Waals surface area contributed by atoms with Gasteiger partial charge in [0.25, 0.3) is 0 Å². The molecule has 1 aliphatic heterocycles. The summed E-state index contributed by atoms with van der Waals surface area (Å²) in [6.07, 6.45) is 16.1. The van der Waals surface area contributed by atoms with Crippen LogP contribution in [0.15, 0.2) is 0 Å². The van der Waals surface area contributed by atoms with Crippen molar-refractivity contribution in [1.82, 2.24) is 10.2 Å². The van der Waals surface area contributed by atoms with E-state index >= 15 is 0 Å². The fraction of sp³-hybridized carbons (Fsp3) is 1.00. The van der Waals surface area contributed by atoms with Crippen LogP contribution in [0.5, 0.6) is 0 Å². The summed E-state index contributed by atoms with van der Waals surface area (Å²) < 4.78 is 0. The van der Waals surface area contributed by atoms with Gasteiger partial charge in [-0.3, -0.25) is 0 Å². The van der Waals surface area contributed by atoms with Gasteiger partial charge in [-0.05, 0) is 76.4 Å². The fourth-order valence-electron chi connectivity index (χ4n) is 4.99. The Bertz CT molecular complexity index is 286. The van der Waals surface area contributed by atoms with Crippen LogP contribution < -0.4 is 5.32 Å². The van der Waals surface area contributed by atoms with E-state index in [0.717, 1.165) is 17.5 Å². The van der Waals surface area contributed by atoms with Crippen molar-refractivity contribution in [3.05, 3.63) is 0 Å². The summed E-state index contributed by atoms with van der Waals surface area (Å²) in [6, 6.07) is 1.70. The van der Waals surface area contributed by atoms with E-state index in [9.17, 15) is 0 Å². The Kier molecular flexibility index (Phi) is 5.04. The Morgan fingerprint density at radius 1 is 1.00 bits per heavy atom. The van der Waals surface area contributed by atoms with Gasteiger partial charge in [0.2, 0.25) is 0 Å². The van der Waals surface area contributed by atoms with Crippen molar-refractivity contribution in [2.24, 2.45) is 5.41 Å². The molecule has 1 spiro atoms. The van der Waals surface area contributed by atoms with Crippen molar-refractivity contribution >= 4 is 0 Å². The summed E-state index contributed by atoms with van der Waals surface area (Å²) in [5, 5.41) is 3.73. The van der Waals surface area contributed by atoms with Crippen molar-refractivity contribution in [2.75, 3.05) is 19.6 Å². The number of nitrogens with zero attached hydrogens (tertiary/aromatic N) is 1. The van der Waals surface area contributed by atoms with Gasteiger partial charge in [0.05, 0.1) is 0 Å². The van der Waals surface area contributed by atoms with E-state index < -0.39 is 0 Å². The molecule has 1 saturated heterocycles. The van der Waals surface area contributed by atoms with Gasteiger partial charge in [-0.25, -0.2) is 0 Å². The zero-order chi connectivity index (χ0) is 13.8. The molecule has 20 heavy (non-hydrogen) atoms. The van der Waals surface area contributed by atoms with Gasteiger partial charge in [-0.1, -0.05) is 26.2 Å². The van der Waals surface area contributed by atoms with E-state index in [2.05, 4.69) is 17.1 Å². The molecule has 1 N–H and O–H groups in total. The molecule has 2 heteroatoms. The van der Waals surface area contributed by atoms with Crippen molar-refractivity contribution < 1.29 is 0 Å². The molecular formula is C18H34N2. The smallest absolute Gasteiger partial charge is 0.0111 e. The highest BCUT2D eigenvalue weighted by Crippen LogP contribution is 2.45. The standard InChI is InChI=1S/C18H34N2/c1-2-12-19-16-6-7-17(15-16)20-13-10-18(11-14-20)8-4-3-5-9-18/h16-17,19H,2-15H2,1H3. The molecule has 0 amide bonds. The summed E-state index contributed by atoms with van der Waals surface area (Å²) in [5.74, 6) is 0. The fourth-order valence-corrected chi connectivity index (χ4v) is 4.99. The van der Waals surface area contributed by atoms with Crippen LogP contribution in [0.2, 0.25) is 0 Å². The molecule has 0 aromatic carbocycles. The minimum absolute atomic E-state index is 0.771. The zero-order valence-electron chi connectivity index (χ0n) is 13.5.